The number of sulfone groups is 1. The van der Waals surface area contributed by atoms with Crippen molar-refractivity contribution in [3.8, 4) is 0 Å². The van der Waals surface area contributed by atoms with E-state index in [1.165, 1.54) is 19.5 Å². The molecule has 0 radical (unpaired) electrons. The SMILES string of the molecule is CO[C@H](c1ncc(Cl)cn1)[C@H](C)S(=O)(=O)Cc1nnc([C@@H]2COCCO2)n1C1(c2cccnc2)CC1. The quantitative estimate of drug-likeness (QED) is 0.403. The predicted octanol–water partition coefficient (Wildman–Crippen LogP) is 2.43. The summed E-state index contributed by atoms with van der Waals surface area (Å²) in [5.74, 6) is 0.781. The van der Waals surface area contributed by atoms with E-state index in [-0.39, 0.29) is 11.6 Å². The molecule has 1 aliphatic heterocycles. The van der Waals surface area contributed by atoms with Crippen molar-refractivity contribution in [2.75, 3.05) is 26.9 Å². The highest BCUT2D eigenvalue weighted by Crippen LogP contribution is 2.51. The van der Waals surface area contributed by atoms with Crippen LogP contribution in [0.25, 0.3) is 0 Å². The molecule has 0 bridgehead atoms. The number of hydrogen-bond acceptors (Lipinski definition) is 10. The summed E-state index contributed by atoms with van der Waals surface area (Å²) in [6.45, 7) is 2.83. The Morgan fingerprint density at radius 2 is 2.00 bits per heavy atom. The van der Waals surface area contributed by atoms with Crippen molar-refractivity contribution in [3.05, 3.63) is 65.0 Å². The molecule has 3 atom stereocenters. The van der Waals surface area contributed by atoms with E-state index in [1.54, 1.807) is 19.3 Å². The lowest BCUT2D eigenvalue weighted by molar-refractivity contribution is -0.0952. The van der Waals surface area contributed by atoms with Crippen LogP contribution in [0.3, 0.4) is 0 Å². The molecule has 11 nitrogen and oxygen atoms in total. The van der Waals surface area contributed by atoms with Crippen molar-refractivity contribution in [2.24, 2.45) is 0 Å². The Morgan fingerprint density at radius 1 is 1.22 bits per heavy atom. The fourth-order valence-electron chi connectivity index (χ4n) is 4.61. The van der Waals surface area contributed by atoms with Gasteiger partial charge in [-0.3, -0.25) is 4.98 Å². The standard InChI is InChI=1S/C23H27ClN6O5S/c1-15(20(33-2)21-26-11-17(24)12-27-21)36(31,32)14-19-28-29-22(18-13-34-8-9-35-18)30(19)23(5-6-23)16-4-3-7-25-10-16/h3-4,7,10-12,15,18,20H,5-6,8-9,13-14H2,1-2H3/t15-,18-,20-/m0/s1. The van der Waals surface area contributed by atoms with E-state index in [2.05, 4.69) is 25.1 Å². The Bertz CT molecular complexity index is 1290. The molecular weight excluding hydrogens is 508 g/mol. The first-order valence-corrected chi connectivity index (χ1v) is 13.7. The summed E-state index contributed by atoms with van der Waals surface area (Å²) < 4.78 is 46.3. The monoisotopic (exact) mass is 534 g/mol. The van der Waals surface area contributed by atoms with E-state index < -0.39 is 32.8 Å². The smallest absolute Gasteiger partial charge is 0.165 e. The second kappa shape index (κ2) is 10.1. The van der Waals surface area contributed by atoms with Gasteiger partial charge < -0.3 is 18.8 Å². The molecule has 1 aliphatic carbocycles. The largest absolute Gasteiger partial charge is 0.376 e. The molecule has 4 heterocycles. The van der Waals surface area contributed by atoms with E-state index in [0.717, 1.165) is 18.4 Å². The van der Waals surface area contributed by atoms with Crippen molar-refractivity contribution >= 4 is 21.4 Å². The van der Waals surface area contributed by atoms with Crippen molar-refractivity contribution in [1.29, 1.82) is 0 Å². The lowest BCUT2D eigenvalue weighted by Crippen LogP contribution is -2.33. The van der Waals surface area contributed by atoms with E-state index in [1.807, 2.05) is 16.7 Å². The molecule has 3 aromatic rings. The van der Waals surface area contributed by atoms with Gasteiger partial charge in [0.25, 0.3) is 0 Å². The number of methoxy groups -OCH3 is 1. The second-order valence-electron chi connectivity index (χ2n) is 8.95. The van der Waals surface area contributed by atoms with Gasteiger partial charge in [0.15, 0.2) is 21.5 Å². The van der Waals surface area contributed by atoms with Crippen LogP contribution in [0.15, 0.2) is 36.9 Å². The van der Waals surface area contributed by atoms with Crippen LogP contribution in [0.1, 0.15) is 55.0 Å². The molecule has 1 saturated heterocycles. The van der Waals surface area contributed by atoms with Crippen LogP contribution in [0.5, 0.6) is 0 Å². The summed E-state index contributed by atoms with van der Waals surface area (Å²) in [5.41, 5.74) is 0.487. The molecule has 5 rings (SSSR count). The average molecular weight is 535 g/mol. The van der Waals surface area contributed by atoms with Gasteiger partial charge in [-0.2, -0.15) is 0 Å². The molecule has 0 N–H and O–H groups in total. The Labute approximate surface area is 214 Å². The summed E-state index contributed by atoms with van der Waals surface area (Å²) in [4.78, 5) is 12.6. The molecule has 3 aromatic heterocycles. The zero-order valence-electron chi connectivity index (χ0n) is 19.9. The number of ether oxygens (including phenoxy) is 3. The highest BCUT2D eigenvalue weighted by atomic mass is 35.5. The lowest BCUT2D eigenvalue weighted by atomic mass is 10.1. The molecule has 2 fully saturated rings. The Morgan fingerprint density at radius 3 is 2.61 bits per heavy atom. The summed E-state index contributed by atoms with van der Waals surface area (Å²) in [5, 5.41) is 8.14. The number of hydrogen-bond donors (Lipinski definition) is 0. The van der Waals surface area contributed by atoms with Gasteiger partial charge in [0.1, 0.15) is 23.8 Å². The predicted molar refractivity (Wildman–Crippen MR) is 129 cm³/mol. The lowest BCUT2D eigenvalue weighted by Gasteiger charge is -2.28. The van der Waals surface area contributed by atoms with Crippen molar-refractivity contribution in [1.82, 2.24) is 29.7 Å². The van der Waals surface area contributed by atoms with E-state index in [9.17, 15) is 8.42 Å². The summed E-state index contributed by atoms with van der Waals surface area (Å²) in [6.07, 6.45) is 6.62. The van der Waals surface area contributed by atoms with Gasteiger partial charge in [0.2, 0.25) is 0 Å². The highest BCUT2D eigenvalue weighted by molar-refractivity contribution is 7.91. The second-order valence-corrected chi connectivity index (χ2v) is 11.7. The first-order chi connectivity index (χ1) is 17.4. The fraction of sp³-hybridized carbons (Fsp3) is 0.522. The average Bonchev–Trinajstić information content (AvgIpc) is 3.60. The molecule has 192 valence electrons. The van der Waals surface area contributed by atoms with E-state index >= 15 is 0 Å². The van der Waals surface area contributed by atoms with Gasteiger partial charge in [-0.15, -0.1) is 10.2 Å². The molecule has 2 aliphatic rings. The number of nitrogens with zero attached hydrogens (tertiary/aromatic N) is 6. The third kappa shape index (κ3) is 4.75. The van der Waals surface area contributed by atoms with Crippen LogP contribution in [0, 0.1) is 0 Å². The maximum atomic E-state index is 13.7. The Balaban J connectivity index is 1.51. The van der Waals surface area contributed by atoms with Crippen LogP contribution < -0.4 is 0 Å². The molecule has 0 aromatic carbocycles. The van der Waals surface area contributed by atoms with Gasteiger partial charge in [0, 0.05) is 31.9 Å². The third-order valence-corrected chi connectivity index (χ3v) is 8.92. The van der Waals surface area contributed by atoms with Crippen molar-refractivity contribution in [3.63, 3.8) is 0 Å². The number of halogens is 1. The summed E-state index contributed by atoms with van der Waals surface area (Å²) >= 11 is 5.89. The zero-order valence-corrected chi connectivity index (χ0v) is 21.5. The highest BCUT2D eigenvalue weighted by Gasteiger charge is 2.51. The molecule has 0 spiro atoms. The number of pyridine rings is 1. The van der Waals surface area contributed by atoms with Crippen molar-refractivity contribution < 1.29 is 22.6 Å². The first-order valence-electron chi connectivity index (χ1n) is 11.6. The minimum absolute atomic E-state index is 0.238. The normalized spacial score (nSPS) is 21.1. The van der Waals surface area contributed by atoms with Gasteiger partial charge in [-0.05, 0) is 31.4 Å². The topological polar surface area (TPSA) is 131 Å². The Hall–Kier alpha value is -2.51. The number of rotatable bonds is 9. The molecule has 1 saturated carbocycles. The maximum absolute atomic E-state index is 13.7. The molecule has 36 heavy (non-hydrogen) atoms. The molecule has 0 amide bonds. The molecule has 13 heteroatoms. The van der Waals surface area contributed by atoms with Crippen LogP contribution in [-0.4, -0.2) is 70.3 Å². The zero-order chi connectivity index (χ0) is 25.3. The summed E-state index contributed by atoms with van der Waals surface area (Å²) in [7, 11) is -2.36. The van der Waals surface area contributed by atoms with Crippen LogP contribution in [0.4, 0.5) is 0 Å². The van der Waals surface area contributed by atoms with Gasteiger partial charge in [0.05, 0.1) is 35.6 Å². The van der Waals surface area contributed by atoms with E-state index in [4.69, 9.17) is 25.8 Å². The minimum atomic E-state index is -3.79. The third-order valence-electron chi connectivity index (χ3n) is 6.68. The number of aromatic nitrogens is 6. The minimum Gasteiger partial charge on any atom is -0.376 e. The fourth-order valence-corrected chi connectivity index (χ4v) is 6.13. The van der Waals surface area contributed by atoms with Gasteiger partial charge in [-0.1, -0.05) is 17.7 Å². The van der Waals surface area contributed by atoms with Crippen LogP contribution in [-0.2, 0) is 35.3 Å². The van der Waals surface area contributed by atoms with Crippen LogP contribution in [0.2, 0.25) is 5.02 Å². The maximum Gasteiger partial charge on any atom is 0.165 e. The first kappa shape index (κ1) is 25.2. The molecular formula is C23H27ClN6O5S. The molecule has 0 unspecified atom stereocenters. The summed E-state index contributed by atoms with van der Waals surface area (Å²) in [6, 6.07) is 3.86. The van der Waals surface area contributed by atoms with Gasteiger partial charge >= 0.3 is 0 Å². The van der Waals surface area contributed by atoms with Gasteiger partial charge in [-0.25, -0.2) is 18.4 Å². The van der Waals surface area contributed by atoms with Crippen LogP contribution >= 0.6 is 11.6 Å². The Kier molecular flexibility index (Phi) is 7.05. The van der Waals surface area contributed by atoms with Crippen molar-refractivity contribution in [2.45, 2.75) is 48.5 Å². The van der Waals surface area contributed by atoms with E-state index in [0.29, 0.717) is 36.5 Å².